The molecule has 0 spiro atoms. The number of ether oxygens (including phenoxy) is 1. The van der Waals surface area contributed by atoms with Crippen LogP contribution in [0.15, 0.2) is 36.5 Å². The van der Waals surface area contributed by atoms with E-state index >= 15 is 0 Å². The van der Waals surface area contributed by atoms with E-state index in [-0.39, 0.29) is 6.03 Å². The van der Waals surface area contributed by atoms with Crippen molar-refractivity contribution in [2.24, 2.45) is 0 Å². The lowest BCUT2D eigenvalue weighted by Gasteiger charge is -2.28. The third-order valence-corrected chi connectivity index (χ3v) is 3.36. The Morgan fingerprint density at radius 3 is 2.81 bits per heavy atom. The number of hydrogen-bond acceptors (Lipinski definition) is 4. The molecule has 0 bridgehead atoms. The van der Waals surface area contributed by atoms with Crippen molar-refractivity contribution in [3.8, 4) is 11.5 Å². The summed E-state index contributed by atoms with van der Waals surface area (Å²) >= 11 is 0. The van der Waals surface area contributed by atoms with E-state index in [1.807, 2.05) is 6.92 Å². The molecule has 1 aliphatic heterocycles. The first-order valence-electron chi connectivity index (χ1n) is 6.74. The van der Waals surface area contributed by atoms with Crippen molar-refractivity contribution in [3.63, 3.8) is 0 Å². The van der Waals surface area contributed by atoms with Gasteiger partial charge in [-0.1, -0.05) is 0 Å². The van der Waals surface area contributed by atoms with Crippen LogP contribution < -0.4 is 15.8 Å². The molecule has 3 N–H and O–H groups in total. The van der Waals surface area contributed by atoms with E-state index in [4.69, 9.17) is 10.5 Å². The summed E-state index contributed by atoms with van der Waals surface area (Å²) in [6.45, 7) is 3.04. The molecule has 6 heteroatoms. The molecule has 0 aliphatic carbocycles. The zero-order chi connectivity index (χ0) is 14.8. The number of carbonyl (C=O) groups excluding carboxylic acids is 1. The molecular formula is C15H16N4O2. The summed E-state index contributed by atoms with van der Waals surface area (Å²) in [7, 11) is 0. The first-order valence-corrected chi connectivity index (χ1v) is 6.74. The van der Waals surface area contributed by atoms with Gasteiger partial charge in [0.15, 0.2) is 0 Å². The number of fused-ring (bicyclic) bond motifs is 1. The van der Waals surface area contributed by atoms with Crippen LogP contribution in [0.1, 0.15) is 12.5 Å². The number of nitrogens with two attached hydrogens (primary N) is 1. The van der Waals surface area contributed by atoms with Gasteiger partial charge in [0.25, 0.3) is 0 Å². The molecule has 3 rings (SSSR count). The Bertz CT molecular complexity index is 670. The number of aromatic nitrogens is 1. The first-order chi connectivity index (χ1) is 10.2. The summed E-state index contributed by atoms with van der Waals surface area (Å²) in [5.74, 6) is 1.93. The molecule has 0 fully saturated rings. The standard InChI is InChI=1S/C15H16N4O2/c1-2-19-9-12-13(7-8-17-14(12)18-15(19)20)21-11-5-3-10(16)4-6-11/h3-8H,2,9,16H2,1H3,(H,17,18,20). The molecule has 108 valence electrons. The highest BCUT2D eigenvalue weighted by Gasteiger charge is 2.25. The molecule has 1 aromatic carbocycles. The van der Waals surface area contributed by atoms with E-state index in [9.17, 15) is 4.79 Å². The zero-order valence-corrected chi connectivity index (χ0v) is 11.7. The third kappa shape index (κ3) is 2.60. The molecule has 21 heavy (non-hydrogen) atoms. The molecule has 1 aromatic heterocycles. The van der Waals surface area contributed by atoms with Crippen molar-refractivity contribution in [2.75, 3.05) is 17.6 Å². The van der Waals surface area contributed by atoms with E-state index in [2.05, 4.69) is 10.3 Å². The maximum absolute atomic E-state index is 11.8. The summed E-state index contributed by atoms with van der Waals surface area (Å²) in [6.07, 6.45) is 1.62. The highest BCUT2D eigenvalue weighted by atomic mass is 16.5. The molecule has 0 saturated heterocycles. The van der Waals surface area contributed by atoms with Crippen LogP contribution in [0.3, 0.4) is 0 Å². The monoisotopic (exact) mass is 284 g/mol. The number of nitrogens with zero attached hydrogens (tertiary/aromatic N) is 2. The van der Waals surface area contributed by atoms with Crippen molar-refractivity contribution < 1.29 is 9.53 Å². The van der Waals surface area contributed by atoms with Crippen LogP contribution in [0.2, 0.25) is 0 Å². The average molecular weight is 284 g/mol. The van der Waals surface area contributed by atoms with Gasteiger partial charge in [-0.25, -0.2) is 9.78 Å². The van der Waals surface area contributed by atoms with Crippen molar-refractivity contribution in [1.82, 2.24) is 9.88 Å². The van der Waals surface area contributed by atoms with Gasteiger partial charge >= 0.3 is 6.03 Å². The topological polar surface area (TPSA) is 80.5 Å². The number of benzene rings is 1. The van der Waals surface area contributed by atoms with Gasteiger partial charge in [0.2, 0.25) is 0 Å². The molecular weight excluding hydrogens is 268 g/mol. The Labute approximate surface area is 122 Å². The normalized spacial score (nSPS) is 13.6. The molecule has 1 aliphatic rings. The third-order valence-electron chi connectivity index (χ3n) is 3.36. The molecule has 6 nitrogen and oxygen atoms in total. The average Bonchev–Trinajstić information content (AvgIpc) is 2.49. The van der Waals surface area contributed by atoms with Gasteiger partial charge in [-0.2, -0.15) is 0 Å². The predicted molar refractivity (Wildman–Crippen MR) is 80.3 cm³/mol. The predicted octanol–water partition coefficient (Wildman–Crippen LogP) is 2.82. The lowest BCUT2D eigenvalue weighted by molar-refractivity contribution is 0.209. The molecule has 0 atom stereocenters. The maximum Gasteiger partial charge on any atom is 0.323 e. The lowest BCUT2D eigenvalue weighted by atomic mass is 10.2. The van der Waals surface area contributed by atoms with E-state index in [1.54, 1.807) is 41.4 Å². The summed E-state index contributed by atoms with van der Waals surface area (Å²) in [4.78, 5) is 17.7. The highest BCUT2D eigenvalue weighted by molar-refractivity contribution is 5.91. The molecule has 2 heterocycles. The number of rotatable bonds is 3. The van der Waals surface area contributed by atoms with Crippen LogP contribution in [0, 0.1) is 0 Å². The number of nitrogens with one attached hydrogen (secondary N) is 1. The van der Waals surface area contributed by atoms with Crippen LogP contribution >= 0.6 is 0 Å². The number of hydrogen-bond donors (Lipinski definition) is 2. The highest BCUT2D eigenvalue weighted by Crippen LogP contribution is 2.32. The smallest absolute Gasteiger partial charge is 0.323 e. The van der Waals surface area contributed by atoms with E-state index in [0.717, 1.165) is 5.56 Å². The zero-order valence-electron chi connectivity index (χ0n) is 11.7. The molecule has 0 saturated carbocycles. The Morgan fingerprint density at radius 1 is 1.33 bits per heavy atom. The number of amides is 2. The van der Waals surface area contributed by atoms with Crippen molar-refractivity contribution >= 4 is 17.5 Å². The van der Waals surface area contributed by atoms with Gasteiger partial charge in [-0.15, -0.1) is 0 Å². The van der Waals surface area contributed by atoms with Crippen molar-refractivity contribution in [2.45, 2.75) is 13.5 Å². The second kappa shape index (κ2) is 5.32. The van der Waals surface area contributed by atoms with Crippen LogP contribution in [0.4, 0.5) is 16.3 Å². The second-order valence-corrected chi connectivity index (χ2v) is 4.75. The largest absolute Gasteiger partial charge is 0.457 e. The first kappa shape index (κ1) is 13.2. The fourth-order valence-corrected chi connectivity index (χ4v) is 2.19. The Balaban J connectivity index is 1.92. The minimum Gasteiger partial charge on any atom is -0.457 e. The molecule has 2 aromatic rings. The quantitative estimate of drug-likeness (QED) is 0.849. The van der Waals surface area contributed by atoms with Crippen LogP contribution in [0.25, 0.3) is 0 Å². The fraction of sp³-hybridized carbons (Fsp3) is 0.200. The van der Waals surface area contributed by atoms with Gasteiger partial charge < -0.3 is 15.4 Å². The lowest BCUT2D eigenvalue weighted by Crippen LogP contribution is -2.38. The molecule has 2 amide bonds. The maximum atomic E-state index is 11.8. The number of carbonyl (C=O) groups is 1. The van der Waals surface area contributed by atoms with E-state index in [1.165, 1.54) is 0 Å². The van der Waals surface area contributed by atoms with Gasteiger partial charge in [-0.3, -0.25) is 5.32 Å². The minimum absolute atomic E-state index is 0.137. The summed E-state index contributed by atoms with van der Waals surface area (Å²) in [5.41, 5.74) is 7.22. The van der Waals surface area contributed by atoms with Crippen LogP contribution in [-0.2, 0) is 6.54 Å². The molecule has 0 unspecified atom stereocenters. The fourth-order valence-electron chi connectivity index (χ4n) is 2.19. The van der Waals surface area contributed by atoms with Crippen LogP contribution in [-0.4, -0.2) is 22.5 Å². The van der Waals surface area contributed by atoms with Gasteiger partial charge in [0.05, 0.1) is 12.1 Å². The summed E-state index contributed by atoms with van der Waals surface area (Å²) in [5, 5.41) is 2.77. The second-order valence-electron chi connectivity index (χ2n) is 4.75. The van der Waals surface area contributed by atoms with Crippen molar-refractivity contribution in [3.05, 3.63) is 42.1 Å². The Morgan fingerprint density at radius 2 is 2.10 bits per heavy atom. The number of nitrogen functional groups attached to an aromatic ring is 1. The SMILES string of the molecule is CCN1Cc2c(Oc3ccc(N)cc3)ccnc2NC1=O. The number of pyridine rings is 1. The van der Waals surface area contributed by atoms with Gasteiger partial charge in [-0.05, 0) is 37.3 Å². The summed E-state index contributed by atoms with van der Waals surface area (Å²) in [6, 6.07) is 8.83. The Kier molecular flexibility index (Phi) is 3.35. The van der Waals surface area contributed by atoms with E-state index in [0.29, 0.717) is 36.1 Å². The van der Waals surface area contributed by atoms with E-state index < -0.39 is 0 Å². The Hall–Kier alpha value is -2.76. The molecule has 0 radical (unpaired) electrons. The minimum atomic E-state index is -0.137. The number of anilines is 2. The number of urea groups is 1. The van der Waals surface area contributed by atoms with Gasteiger partial charge in [0.1, 0.15) is 17.3 Å². The van der Waals surface area contributed by atoms with Crippen molar-refractivity contribution in [1.29, 1.82) is 0 Å². The van der Waals surface area contributed by atoms with Gasteiger partial charge in [0, 0.05) is 18.4 Å². The summed E-state index contributed by atoms with van der Waals surface area (Å²) < 4.78 is 5.89. The van der Waals surface area contributed by atoms with Crippen LogP contribution in [0.5, 0.6) is 11.5 Å².